The fourth-order valence-corrected chi connectivity index (χ4v) is 3.20. The summed E-state index contributed by atoms with van der Waals surface area (Å²) in [5.74, 6) is -0.901. The molecule has 2 aliphatic rings. The van der Waals surface area contributed by atoms with Crippen molar-refractivity contribution in [2.75, 3.05) is 0 Å². The Kier molecular flexibility index (Phi) is 3.72. The molecule has 23 heavy (non-hydrogen) atoms. The van der Waals surface area contributed by atoms with Gasteiger partial charge in [0.2, 0.25) is 0 Å². The van der Waals surface area contributed by atoms with Crippen LogP contribution in [0.2, 0.25) is 0 Å². The van der Waals surface area contributed by atoms with Crippen LogP contribution in [-0.4, -0.2) is 11.1 Å². The van der Waals surface area contributed by atoms with Gasteiger partial charge in [0.1, 0.15) is 0 Å². The van der Waals surface area contributed by atoms with E-state index in [1.807, 2.05) is 24.5 Å². The molecule has 3 rings (SSSR count). The van der Waals surface area contributed by atoms with Crippen LogP contribution >= 0.6 is 0 Å². The molecule has 0 bridgehead atoms. The van der Waals surface area contributed by atoms with Crippen molar-refractivity contribution in [3.8, 4) is 0 Å². The van der Waals surface area contributed by atoms with Crippen molar-refractivity contribution < 1.29 is 14.6 Å². The number of carbonyl (C=O) groups is 1. The molecule has 0 amide bonds. The van der Waals surface area contributed by atoms with Crippen molar-refractivity contribution in [2.24, 2.45) is 5.41 Å². The number of rotatable bonds is 3. The van der Waals surface area contributed by atoms with Gasteiger partial charge in [0.05, 0.1) is 18.1 Å². The van der Waals surface area contributed by atoms with E-state index in [0.29, 0.717) is 5.56 Å². The molecule has 1 aliphatic carbocycles. The summed E-state index contributed by atoms with van der Waals surface area (Å²) in [5.41, 5.74) is 6.39. The van der Waals surface area contributed by atoms with E-state index >= 15 is 0 Å². The first kappa shape index (κ1) is 15.3. The van der Waals surface area contributed by atoms with Gasteiger partial charge in [-0.1, -0.05) is 32.1 Å². The van der Waals surface area contributed by atoms with Crippen molar-refractivity contribution in [3.63, 3.8) is 0 Å². The monoisotopic (exact) mass is 308 g/mol. The maximum absolute atomic E-state index is 10.9. The molecule has 0 aromatic heterocycles. The first-order valence-electron chi connectivity index (χ1n) is 7.67. The van der Waals surface area contributed by atoms with E-state index in [0.717, 1.165) is 12.0 Å². The number of carboxylic acid groups (broad SMARTS) is 1. The molecule has 0 spiro atoms. The van der Waals surface area contributed by atoms with Crippen molar-refractivity contribution in [3.05, 3.63) is 76.3 Å². The normalized spacial score (nSPS) is 19.3. The van der Waals surface area contributed by atoms with Gasteiger partial charge in [-0.25, -0.2) is 4.79 Å². The summed E-state index contributed by atoms with van der Waals surface area (Å²) < 4.78 is 5.35. The number of carboxylic acids is 1. The molecule has 1 N–H and O–H groups in total. The third-order valence-corrected chi connectivity index (χ3v) is 4.48. The molecule has 3 heteroatoms. The Morgan fingerprint density at radius 3 is 2.61 bits per heavy atom. The topological polar surface area (TPSA) is 46.5 Å². The average Bonchev–Trinajstić information content (AvgIpc) is 2.80. The van der Waals surface area contributed by atoms with Crippen LogP contribution < -0.4 is 0 Å². The third-order valence-electron chi connectivity index (χ3n) is 4.48. The lowest BCUT2D eigenvalue weighted by Crippen LogP contribution is -2.11. The minimum Gasteiger partial charge on any atom is -0.478 e. The fourth-order valence-electron chi connectivity index (χ4n) is 3.20. The zero-order valence-electron chi connectivity index (χ0n) is 13.6. The summed E-state index contributed by atoms with van der Waals surface area (Å²) in [7, 11) is 0. The number of hydrogen-bond acceptors (Lipinski definition) is 2. The molecule has 1 aliphatic heterocycles. The van der Waals surface area contributed by atoms with Gasteiger partial charge >= 0.3 is 5.97 Å². The zero-order valence-corrected chi connectivity index (χ0v) is 13.6. The molecule has 1 heterocycles. The molecule has 0 saturated heterocycles. The number of allylic oxidation sites excluding steroid dienone is 5. The second-order valence-electron chi connectivity index (χ2n) is 6.68. The van der Waals surface area contributed by atoms with Crippen molar-refractivity contribution in [2.45, 2.75) is 27.2 Å². The summed E-state index contributed by atoms with van der Waals surface area (Å²) in [6, 6.07) is 6.96. The van der Waals surface area contributed by atoms with Gasteiger partial charge in [-0.05, 0) is 59.3 Å². The molecule has 0 fully saturated rings. The van der Waals surface area contributed by atoms with Crippen molar-refractivity contribution in [1.82, 2.24) is 0 Å². The Bertz CT molecular complexity index is 772. The molecule has 118 valence electrons. The second-order valence-corrected chi connectivity index (χ2v) is 6.68. The summed E-state index contributed by atoms with van der Waals surface area (Å²) >= 11 is 0. The van der Waals surface area contributed by atoms with Crippen LogP contribution in [-0.2, 0) is 4.74 Å². The summed E-state index contributed by atoms with van der Waals surface area (Å²) in [6.45, 7) is 6.56. The van der Waals surface area contributed by atoms with E-state index in [2.05, 4.69) is 26.8 Å². The summed E-state index contributed by atoms with van der Waals surface area (Å²) in [6.07, 6.45) is 8.67. The highest BCUT2D eigenvalue weighted by atomic mass is 16.5. The molecular formula is C20H20O3. The number of fused-ring (bicyclic) bond motifs is 1. The van der Waals surface area contributed by atoms with E-state index < -0.39 is 5.97 Å². The Balaban J connectivity index is 1.95. The van der Waals surface area contributed by atoms with Crippen molar-refractivity contribution >= 4 is 12.0 Å². The Morgan fingerprint density at radius 1 is 1.26 bits per heavy atom. The molecule has 3 nitrogen and oxygen atoms in total. The zero-order chi connectivity index (χ0) is 16.6. The third kappa shape index (κ3) is 2.87. The van der Waals surface area contributed by atoms with Gasteiger partial charge in [-0.15, -0.1) is 0 Å². The van der Waals surface area contributed by atoms with Gasteiger partial charge in [0.15, 0.2) is 0 Å². The lowest BCUT2D eigenvalue weighted by atomic mass is 9.84. The van der Waals surface area contributed by atoms with Gasteiger partial charge < -0.3 is 9.84 Å². The van der Waals surface area contributed by atoms with Gasteiger partial charge in [0.25, 0.3) is 0 Å². The molecule has 0 atom stereocenters. The first-order chi connectivity index (χ1) is 10.9. The van der Waals surface area contributed by atoms with Crippen LogP contribution in [0, 0.1) is 5.41 Å². The quantitative estimate of drug-likeness (QED) is 0.860. The van der Waals surface area contributed by atoms with E-state index in [1.54, 1.807) is 18.4 Å². The van der Waals surface area contributed by atoms with Crippen LogP contribution in [0.4, 0.5) is 0 Å². The van der Waals surface area contributed by atoms with Gasteiger partial charge in [-0.3, -0.25) is 0 Å². The minimum absolute atomic E-state index is 0.0672. The molecular weight excluding hydrogens is 288 g/mol. The Labute approximate surface area is 136 Å². The van der Waals surface area contributed by atoms with Crippen LogP contribution in [0.5, 0.6) is 0 Å². The summed E-state index contributed by atoms with van der Waals surface area (Å²) in [5, 5.41) is 8.97. The second kappa shape index (κ2) is 5.58. The van der Waals surface area contributed by atoms with Gasteiger partial charge in [0, 0.05) is 5.57 Å². The summed E-state index contributed by atoms with van der Waals surface area (Å²) in [4.78, 5) is 10.9. The fraction of sp³-hybridized carbons (Fsp3) is 0.250. The van der Waals surface area contributed by atoms with E-state index in [4.69, 9.17) is 9.84 Å². The van der Waals surface area contributed by atoms with Gasteiger partial charge in [-0.2, -0.15) is 0 Å². The maximum atomic E-state index is 10.9. The Hall–Kier alpha value is -2.55. The van der Waals surface area contributed by atoms with Crippen LogP contribution in [0.25, 0.3) is 6.08 Å². The molecule has 0 saturated carbocycles. The van der Waals surface area contributed by atoms with E-state index in [-0.39, 0.29) is 5.41 Å². The molecule has 1 aromatic carbocycles. The highest BCUT2D eigenvalue weighted by molar-refractivity contribution is 5.87. The van der Waals surface area contributed by atoms with E-state index in [1.165, 1.54) is 22.3 Å². The van der Waals surface area contributed by atoms with Crippen LogP contribution in [0.1, 0.15) is 43.1 Å². The number of benzene rings is 1. The first-order valence-corrected chi connectivity index (χ1v) is 7.67. The number of aromatic carboxylic acids is 1. The lowest BCUT2D eigenvalue weighted by molar-refractivity contribution is 0.0697. The standard InChI is InChI=1S/C20H20O3/c1-13(10-14-4-6-15(7-5-14)19(21)22)17-11-20(2,3)18-12-23-9-8-16(17)18/h4-10,12H,11H2,1-3H3,(H,21,22)/b13-10-. The molecule has 0 unspecified atom stereocenters. The predicted molar refractivity (Wildman–Crippen MR) is 90.8 cm³/mol. The molecule has 0 radical (unpaired) electrons. The Morgan fingerprint density at radius 2 is 1.96 bits per heavy atom. The smallest absolute Gasteiger partial charge is 0.335 e. The highest BCUT2D eigenvalue weighted by Crippen LogP contribution is 2.49. The maximum Gasteiger partial charge on any atom is 0.335 e. The van der Waals surface area contributed by atoms with Crippen LogP contribution in [0.15, 0.2) is 65.2 Å². The lowest BCUT2D eigenvalue weighted by Gasteiger charge is -2.22. The highest BCUT2D eigenvalue weighted by Gasteiger charge is 2.36. The predicted octanol–water partition coefficient (Wildman–Crippen LogP) is 4.94. The minimum atomic E-state index is -0.901. The number of hydrogen-bond donors (Lipinski definition) is 1. The van der Waals surface area contributed by atoms with Crippen LogP contribution in [0.3, 0.4) is 0 Å². The average molecular weight is 308 g/mol. The van der Waals surface area contributed by atoms with Crippen molar-refractivity contribution in [1.29, 1.82) is 0 Å². The van der Waals surface area contributed by atoms with E-state index in [9.17, 15) is 4.79 Å². The number of ether oxygens (including phenoxy) is 1. The SMILES string of the molecule is C/C(=C/c1ccc(C(=O)O)cc1)C1=C2C=COC=C2C(C)(C)C1. The largest absolute Gasteiger partial charge is 0.478 e. The molecule has 1 aromatic rings.